The number of carbonyl (C=O) groups excluding carboxylic acids is 1. The van der Waals surface area contributed by atoms with Crippen molar-refractivity contribution in [3.63, 3.8) is 0 Å². The van der Waals surface area contributed by atoms with Gasteiger partial charge in [-0.15, -0.1) is 0 Å². The Morgan fingerprint density at radius 3 is 1.46 bits per heavy atom. The Morgan fingerprint density at radius 2 is 1.17 bits per heavy atom. The number of methoxy groups -OCH3 is 1. The molecule has 2 aromatic rings. The second-order valence-electron chi connectivity index (χ2n) is 6.60. The average Bonchev–Trinajstić information content (AvgIpc) is 2.76. The summed E-state index contributed by atoms with van der Waals surface area (Å²) in [7, 11) is 9.69. The van der Waals surface area contributed by atoms with Gasteiger partial charge in [0.05, 0.1) is 40.5 Å². The van der Waals surface area contributed by atoms with Crippen molar-refractivity contribution in [3.05, 3.63) is 57.6 Å². The highest BCUT2D eigenvalue weighted by Crippen LogP contribution is 2.27. The van der Waals surface area contributed by atoms with Crippen LogP contribution in [0.15, 0.2) is 36.4 Å². The van der Waals surface area contributed by atoms with Crippen LogP contribution in [0.1, 0.15) is 48.4 Å². The summed E-state index contributed by atoms with van der Waals surface area (Å²) in [5.41, 5.74) is 0.574. The number of hydrogen-bond acceptors (Lipinski definition) is 7. The van der Waals surface area contributed by atoms with Crippen LogP contribution in [0.25, 0.3) is 0 Å². The standard InChI is InChI=1S/C11H13ClO3.C10H11ClO3.CH4O.Cl2OS/c1-7(2)15-10-5-4-8(6-9(10)12)11(13)14-3;1-6(2)14-9-4-3-7(10(12)13)5-8(9)11;1-2;1-4(2)3/h4-7H,1-3H3;3-6H,1-2H3,(H,12,13);2H,1H3;. The van der Waals surface area contributed by atoms with E-state index in [1.165, 1.54) is 25.3 Å². The Bertz CT molecular complexity index is 951. The SMILES string of the molecule is CC(C)Oc1ccc(C(=O)O)cc1Cl.CO.COC(=O)c1ccc(OC(C)C)c(Cl)c1.O=S(Cl)Cl. The highest BCUT2D eigenvalue weighted by molar-refractivity contribution is 8.26. The number of carbonyl (C=O) groups is 2. The van der Waals surface area contributed by atoms with E-state index in [1.807, 2.05) is 27.7 Å². The first-order chi connectivity index (χ1) is 16.3. The number of ether oxygens (including phenoxy) is 3. The molecular weight excluding hydrogens is 566 g/mol. The molecule has 0 saturated carbocycles. The maximum Gasteiger partial charge on any atom is 0.337 e. The lowest BCUT2D eigenvalue weighted by molar-refractivity contribution is 0.0599. The Kier molecular flexibility index (Phi) is 19.7. The van der Waals surface area contributed by atoms with Crippen molar-refractivity contribution >= 4 is 65.7 Å². The van der Waals surface area contributed by atoms with Crippen LogP contribution in [-0.4, -0.2) is 52.8 Å². The summed E-state index contributed by atoms with van der Waals surface area (Å²) in [6, 6.07) is 9.22. The number of aromatic carboxylic acids is 1. The summed E-state index contributed by atoms with van der Waals surface area (Å²) in [6.45, 7) is 7.57. The van der Waals surface area contributed by atoms with Crippen molar-refractivity contribution in [2.24, 2.45) is 0 Å². The number of carboxylic acids is 1. The maximum absolute atomic E-state index is 11.2. The van der Waals surface area contributed by atoms with Gasteiger partial charge in [0.25, 0.3) is 0 Å². The van der Waals surface area contributed by atoms with Crippen LogP contribution in [0.5, 0.6) is 11.5 Å². The minimum atomic E-state index is -1.67. The predicted molar refractivity (Wildman–Crippen MR) is 141 cm³/mol. The molecule has 0 aliphatic rings. The van der Waals surface area contributed by atoms with Crippen LogP contribution in [0, 0.1) is 0 Å². The predicted octanol–water partition coefficient (Wildman–Crippen LogP) is 6.39. The molecule has 13 heteroatoms. The fourth-order valence-electron chi connectivity index (χ4n) is 2.08. The normalized spacial score (nSPS) is 9.66. The number of rotatable bonds is 6. The molecule has 0 spiro atoms. The first-order valence-electron chi connectivity index (χ1n) is 9.71. The van der Waals surface area contributed by atoms with Crippen LogP contribution >= 0.6 is 44.6 Å². The van der Waals surface area contributed by atoms with E-state index >= 15 is 0 Å². The number of carboxylic acid groups (broad SMARTS) is 1. The zero-order valence-corrected chi connectivity index (χ0v) is 23.7. The molecule has 0 aliphatic carbocycles. The molecule has 0 amide bonds. The summed E-state index contributed by atoms with van der Waals surface area (Å²) < 4.78 is 24.4. The van der Waals surface area contributed by atoms with E-state index in [0.717, 1.165) is 7.11 Å². The van der Waals surface area contributed by atoms with E-state index in [9.17, 15) is 9.59 Å². The van der Waals surface area contributed by atoms with Crippen molar-refractivity contribution in [2.75, 3.05) is 14.2 Å². The third kappa shape index (κ3) is 16.5. The van der Waals surface area contributed by atoms with Gasteiger partial charge in [0, 0.05) is 28.5 Å². The quantitative estimate of drug-likeness (QED) is 0.292. The zero-order valence-electron chi connectivity index (χ0n) is 19.9. The smallest absolute Gasteiger partial charge is 0.337 e. The molecule has 0 fully saturated rings. The van der Waals surface area contributed by atoms with E-state index in [4.69, 9.17) is 47.1 Å². The molecule has 0 radical (unpaired) electrons. The first-order valence-corrected chi connectivity index (χ1v) is 13.3. The highest BCUT2D eigenvalue weighted by atomic mass is 36.0. The summed E-state index contributed by atoms with van der Waals surface area (Å²) in [5.74, 6) is -0.331. The Balaban J connectivity index is 0. The van der Waals surface area contributed by atoms with Gasteiger partial charge in [-0.1, -0.05) is 23.2 Å². The molecule has 0 aromatic heterocycles. The van der Waals surface area contributed by atoms with E-state index in [0.29, 0.717) is 27.1 Å². The van der Waals surface area contributed by atoms with Crippen LogP contribution in [0.2, 0.25) is 10.0 Å². The van der Waals surface area contributed by atoms with E-state index < -0.39 is 21.2 Å². The number of hydrogen-bond donors (Lipinski definition) is 2. The molecule has 0 aliphatic heterocycles. The lowest BCUT2D eigenvalue weighted by atomic mass is 10.2. The maximum atomic E-state index is 11.2. The van der Waals surface area contributed by atoms with E-state index in [1.54, 1.807) is 18.2 Å². The molecule has 35 heavy (non-hydrogen) atoms. The van der Waals surface area contributed by atoms with Gasteiger partial charge >= 0.3 is 11.9 Å². The number of esters is 1. The lowest BCUT2D eigenvalue weighted by Crippen LogP contribution is -2.07. The fraction of sp³-hybridized carbons (Fsp3) is 0.364. The highest BCUT2D eigenvalue weighted by Gasteiger charge is 2.10. The first kappa shape index (κ1) is 35.4. The number of benzene rings is 2. The van der Waals surface area contributed by atoms with Crippen LogP contribution in [0.4, 0.5) is 0 Å². The van der Waals surface area contributed by atoms with Crippen molar-refractivity contribution in [3.8, 4) is 11.5 Å². The van der Waals surface area contributed by atoms with Gasteiger partial charge in [-0.25, -0.2) is 13.8 Å². The Hall–Kier alpha value is -1.75. The summed E-state index contributed by atoms with van der Waals surface area (Å²) in [5, 5.41) is 16.4. The number of aliphatic hydroxyl groups is 1. The van der Waals surface area contributed by atoms with Crippen LogP contribution in [-0.2, 0) is 14.0 Å². The molecule has 0 saturated heterocycles. The monoisotopic (exact) mass is 592 g/mol. The third-order valence-electron chi connectivity index (χ3n) is 3.26. The van der Waals surface area contributed by atoms with Gasteiger partial charge in [-0.05, 0) is 64.1 Å². The molecule has 2 aromatic carbocycles. The minimum absolute atomic E-state index is 0.0168. The van der Waals surface area contributed by atoms with Crippen LogP contribution < -0.4 is 9.47 Å². The third-order valence-corrected chi connectivity index (χ3v) is 3.85. The van der Waals surface area contributed by atoms with Gasteiger partial charge in [-0.3, -0.25) is 0 Å². The number of halogens is 4. The van der Waals surface area contributed by atoms with Gasteiger partial charge in [0.1, 0.15) is 11.5 Å². The average molecular weight is 594 g/mol. The van der Waals surface area contributed by atoms with E-state index in [-0.39, 0.29) is 17.8 Å². The summed E-state index contributed by atoms with van der Waals surface area (Å²) in [6.07, 6.45) is 0.0645. The fourth-order valence-corrected chi connectivity index (χ4v) is 2.53. The van der Waals surface area contributed by atoms with Gasteiger partial charge < -0.3 is 24.4 Å². The largest absolute Gasteiger partial charge is 0.489 e. The molecule has 0 atom stereocenters. The topological polar surface area (TPSA) is 119 Å². The second-order valence-corrected chi connectivity index (χ2v) is 9.94. The Morgan fingerprint density at radius 1 is 0.829 bits per heavy atom. The molecule has 0 bridgehead atoms. The van der Waals surface area contributed by atoms with Gasteiger partial charge in [-0.2, -0.15) is 0 Å². The van der Waals surface area contributed by atoms with E-state index in [2.05, 4.69) is 26.1 Å². The van der Waals surface area contributed by atoms with Crippen molar-refractivity contribution in [2.45, 2.75) is 39.9 Å². The summed E-state index contributed by atoms with van der Waals surface area (Å²) in [4.78, 5) is 21.8. The van der Waals surface area contributed by atoms with Crippen molar-refractivity contribution in [1.82, 2.24) is 0 Å². The molecule has 8 nitrogen and oxygen atoms in total. The molecular formula is C22H28Cl4O8S. The number of aliphatic hydroxyl groups excluding tert-OH is 1. The zero-order chi connectivity index (χ0) is 27.7. The Labute approximate surface area is 226 Å². The van der Waals surface area contributed by atoms with Crippen molar-refractivity contribution in [1.29, 1.82) is 0 Å². The van der Waals surface area contributed by atoms with Crippen molar-refractivity contribution < 1.29 is 38.2 Å². The minimum Gasteiger partial charge on any atom is -0.489 e. The molecule has 2 N–H and O–H groups in total. The molecule has 198 valence electrons. The van der Waals surface area contributed by atoms with Gasteiger partial charge in [0.15, 0.2) is 0 Å². The molecule has 2 rings (SSSR count). The summed E-state index contributed by atoms with van der Waals surface area (Å²) >= 11 is 11.8. The second kappa shape index (κ2) is 19.4. The molecule has 0 unspecified atom stereocenters. The molecule has 0 heterocycles. The van der Waals surface area contributed by atoms with Gasteiger partial charge in [0.2, 0.25) is 9.23 Å². The van der Waals surface area contributed by atoms with Crippen LogP contribution in [0.3, 0.4) is 0 Å². The lowest BCUT2D eigenvalue weighted by Gasteiger charge is -2.11.